The SMILES string of the molecule is [2H]C([2H])([2H])c1ccnc(-c2[c-]ccc3c2oc2ccc4[c](c23)[Ge]([CH3])([CH3])[c]2ccccc2-4)c1.[CH3][Ge]([CH3])([CH3])[c]1ccc(-c2[c-]cccc2)nc1.[Ir]. The number of rotatable bonds is 3. The summed E-state index contributed by atoms with van der Waals surface area (Å²) in [7, 11) is 0. The molecule has 0 bridgehead atoms. The molecule has 0 atom stereocenters. The molecule has 6 heteroatoms. The van der Waals surface area contributed by atoms with Crippen LogP contribution in [0.25, 0.3) is 55.6 Å². The van der Waals surface area contributed by atoms with Crippen LogP contribution in [0.2, 0.25) is 28.8 Å². The number of benzene rings is 4. The Labute approximate surface area is 294 Å². The van der Waals surface area contributed by atoms with Gasteiger partial charge in [-0.1, -0.05) is 0 Å². The average molecular weight is 901 g/mol. The summed E-state index contributed by atoms with van der Waals surface area (Å²) in [5.74, 6) is 12.0. The summed E-state index contributed by atoms with van der Waals surface area (Å²) in [6.07, 6.45) is 3.58. The van der Waals surface area contributed by atoms with E-state index in [1.54, 1.807) is 12.3 Å². The molecule has 0 saturated carbocycles. The third-order valence-electron chi connectivity index (χ3n) is 8.74. The zero-order valence-corrected chi connectivity index (χ0v) is 33.1. The summed E-state index contributed by atoms with van der Waals surface area (Å²) in [4.78, 5) is 8.98. The molecule has 8 rings (SSSR count). The van der Waals surface area contributed by atoms with Crippen LogP contribution in [0.1, 0.15) is 9.68 Å². The normalized spacial score (nSPS) is 14.2. The predicted octanol–water partition coefficient (Wildman–Crippen LogP) is 8.65. The number of pyridine rings is 2. The second-order valence-electron chi connectivity index (χ2n) is 13.1. The van der Waals surface area contributed by atoms with E-state index in [1.165, 1.54) is 35.8 Å². The molecule has 1 radical (unpaired) electrons. The first kappa shape index (κ1) is 28.9. The Kier molecular flexibility index (Phi) is 8.00. The minimum Gasteiger partial charge on any atom is 0 e. The zero-order valence-electron chi connectivity index (χ0n) is 29.5. The summed E-state index contributed by atoms with van der Waals surface area (Å²) in [5.41, 5.74) is 7.82. The largest absolute Gasteiger partial charge is 0 e. The molecular weight excluding hydrogens is 862 g/mol. The van der Waals surface area contributed by atoms with Gasteiger partial charge in [-0.15, -0.1) is 0 Å². The summed E-state index contributed by atoms with van der Waals surface area (Å²) in [5, 5.41) is 2.22. The summed E-state index contributed by atoms with van der Waals surface area (Å²) < 4.78 is 34.0. The van der Waals surface area contributed by atoms with E-state index in [0.29, 0.717) is 16.8 Å². The number of hydrogen-bond donors (Lipinski definition) is 0. The van der Waals surface area contributed by atoms with Crippen LogP contribution in [0.3, 0.4) is 0 Å². The van der Waals surface area contributed by atoms with Gasteiger partial charge in [0.2, 0.25) is 0 Å². The van der Waals surface area contributed by atoms with Crippen molar-refractivity contribution < 1.29 is 28.6 Å². The van der Waals surface area contributed by atoms with Gasteiger partial charge < -0.3 is 0 Å². The van der Waals surface area contributed by atoms with E-state index in [1.807, 2.05) is 36.5 Å². The first-order valence-corrected chi connectivity index (χ1v) is 28.9. The third kappa shape index (κ3) is 5.86. The molecule has 1 aliphatic heterocycles. The van der Waals surface area contributed by atoms with Gasteiger partial charge >= 0.3 is 277 Å². The Morgan fingerprint density at radius 3 is 2.37 bits per heavy atom. The van der Waals surface area contributed by atoms with Crippen LogP contribution >= 0.6 is 0 Å². The number of furan rings is 1. The van der Waals surface area contributed by atoms with Crippen LogP contribution in [0.15, 0.2) is 114 Å². The van der Waals surface area contributed by atoms with Gasteiger partial charge in [0.05, 0.1) is 0 Å². The van der Waals surface area contributed by atoms with Crippen LogP contribution in [-0.2, 0) is 20.1 Å². The molecule has 3 aromatic heterocycles. The molecule has 4 heterocycles. The van der Waals surface area contributed by atoms with E-state index in [9.17, 15) is 0 Å². The smallest absolute Gasteiger partial charge is 0 e. The number of nitrogens with zero attached hydrogens (tertiary/aromatic N) is 2. The van der Waals surface area contributed by atoms with Gasteiger partial charge in [0.1, 0.15) is 0 Å². The van der Waals surface area contributed by atoms with E-state index in [0.717, 1.165) is 22.2 Å². The fourth-order valence-corrected chi connectivity index (χ4v) is 15.8. The van der Waals surface area contributed by atoms with Crippen LogP contribution in [0.4, 0.5) is 0 Å². The Balaban J connectivity index is 0.000000208. The van der Waals surface area contributed by atoms with Gasteiger partial charge in [-0.25, -0.2) is 0 Å². The van der Waals surface area contributed by atoms with Crippen molar-refractivity contribution in [2.45, 2.75) is 35.6 Å². The van der Waals surface area contributed by atoms with Crippen LogP contribution in [-0.4, -0.2) is 36.5 Å². The maximum absolute atomic E-state index is 7.75. The predicted molar refractivity (Wildman–Crippen MR) is 194 cm³/mol. The Bertz CT molecular complexity index is 2290. The Morgan fingerprint density at radius 2 is 1.63 bits per heavy atom. The molecule has 231 valence electrons. The number of fused-ring (bicyclic) bond motifs is 7. The summed E-state index contributed by atoms with van der Waals surface area (Å²) in [6, 6.07) is 38.8. The molecule has 0 fully saturated rings. The first-order chi connectivity index (χ1) is 22.8. The number of hydrogen-bond acceptors (Lipinski definition) is 3. The van der Waals surface area contributed by atoms with Crippen LogP contribution in [0.5, 0.6) is 0 Å². The van der Waals surface area contributed by atoms with Crippen molar-refractivity contribution >= 4 is 61.7 Å². The molecular formula is C40H36Ge2IrN2O-2. The standard InChI is InChI=1S/C26H20GeNO.C14H16GeN.Ir/c1-16-13-14-28-22(15-16)19-8-6-9-20-24-23(29-26(19)20)12-11-18-17-7-4-5-10-21(17)27(2,3)25(18)24;1-15(2,3)13-9-10-14(16-11-13)12-7-5-4-6-8-12;/h4-7,9-15H,1-3H3;4-7,9-11H,1-3H3;/q2*-1;/i1D3;;. The molecule has 1 aliphatic rings. The van der Waals surface area contributed by atoms with Crippen LogP contribution < -0.4 is 13.2 Å². The van der Waals surface area contributed by atoms with Crippen LogP contribution in [0, 0.1) is 19.0 Å². The van der Waals surface area contributed by atoms with Gasteiger partial charge in [0.25, 0.3) is 0 Å². The number of aromatic nitrogens is 2. The van der Waals surface area contributed by atoms with E-state index in [4.69, 9.17) is 8.53 Å². The summed E-state index contributed by atoms with van der Waals surface area (Å²) in [6.45, 7) is -2.19. The molecule has 46 heavy (non-hydrogen) atoms. The molecule has 7 aromatic rings. The van der Waals surface area contributed by atoms with Crippen molar-refractivity contribution in [3.8, 4) is 33.6 Å². The van der Waals surface area contributed by atoms with Crippen molar-refractivity contribution in [1.82, 2.24) is 9.97 Å². The molecule has 3 nitrogen and oxygen atoms in total. The van der Waals surface area contributed by atoms with Crippen molar-refractivity contribution in [2.75, 3.05) is 0 Å². The van der Waals surface area contributed by atoms with Gasteiger partial charge in [-0.2, -0.15) is 0 Å². The third-order valence-corrected chi connectivity index (χ3v) is 20.5. The Hall–Kier alpha value is -3.28. The monoisotopic (exact) mass is 904 g/mol. The second kappa shape index (κ2) is 12.7. The van der Waals surface area contributed by atoms with Gasteiger partial charge in [-0.3, -0.25) is 0 Å². The molecule has 0 amide bonds. The van der Waals surface area contributed by atoms with Crippen molar-refractivity contribution in [3.63, 3.8) is 0 Å². The van der Waals surface area contributed by atoms with Gasteiger partial charge in [0.15, 0.2) is 0 Å². The fraction of sp³-hybridized carbons (Fsp3) is 0.150. The average Bonchev–Trinajstić information content (AvgIpc) is 3.57. The molecule has 0 N–H and O–H groups in total. The molecule has 0 saturated heterocycles. The molecule has 4 aromatic carbocycles. The molecule has 0 unspecified atom stereocenters. The zero-order chi connectivity index (χ0) is 33.8. The maximum atomic E-state index is 7.75. The fourth-order valence-electron chi connectivity index (χ4n) is 6.41. The topological polar surface area (TPSA) is 38.9 Å². The Morgan fingerprint density at radius 1 is 0.804 bits per heavy atom. The quantitative estimate of drug-likeness (QED) is 0.132. The van der Waals surface area contributed by atoms with E-state index < -0.39 is 33.4 Å². The number of aryl methyl sites for hydroxylation is 1. The van der Waals surface area contributed by atoms with E-state index >= 15 is 0 Å². The molecule has 0 spiro atoms. The van der Waals surface area contributed by atoms with Crippen molar-refractivity contribution in [3.05, 3.63) is 127 Å². The van der Waals surface area contributed by atoms with E-state index in [-0.39, 0.29) is 25.7 Å². The minimum atomic E-state index is -2.53. The first-order valence-electron chi connectivity index (χ1n) is 16.7. The van der Waals surface area contributed by atoms with Crippen molar-refractivity contribution in [2.24, 2.45) is 0 Å². The van der Waals surface area contributed by atoms with E-state index in [2.05, 4.69) is 105 Å². The second-order valence-corrected chi connectivity index (χ2v) is 32.8. The molecule has 0 aliphatic carbocycles. The minimum absolute atomic E-state index is 0. The summed E-state index contributed by atoms with van der Waals surface area (Å²) >= 11 is -4.25. The van der Waals surface area contributed by atoms with Gasteiger partial charge in [0, 0.05) is 20.1 Å². The van der Waals surface area contributed by atoms with Crippen molar-refractivity contribution in [1.29, 1.82) is 0 Å². The van der Waals surface area contributed by atoms with Gasteiger partial charge in [-0.05, 0) is 0 Å². The maximum Gasteiger partial charge on any atom is 0 e.